The maximum absolute atomic E-state index is 14.2. The molecule has 3 atom stereocenters. The van der Waals surface area contributed by atoms with Crippen molar-refractivity contribution in [2.45, 2.75) is 24.4 Å². The zero-order valence-electron chi connectivity index (χ0n) is 11.4. The monoisotopic (exact) mass is 316 g/mol. The second kappa shape index (κ2) is 4.97. The number of nitrogens with zero attached hydrogens (tertiary/aromatic N) is 4. The molecule has 120 valence electrons. The highest BCUT2D eigenvalue weighted by atomic mass is 19.3. The Morgan fingerprint density at radius 3 is 2.82 bits per heavy atom. The summed E-state index contributed by atoms with van der Waals surface area (Å²) in [6, 6.07) is 0. The quantitative estimate of drug-likeness (QED) is 0.586. The van der Waals surface area contributed by atoms with Gasteiger partial charge in [-0.3, -0.25) is 4.57 Å². The normalized spacial score (nSPS) is 27.4. The first kappa shape index (κ1) is 14.8. The molecule has 0 amide bonds. The van der Waals surface area contributed by atoms with Gasteiger partial charge in [0.1, 0.15) is 6.10 Å². The van der Waals surface area contributed by atoms with Crippen molar-refractivity contribution in [3.63, 3.8) is 0 Å². The zero-order valence-corrected chi connectivity index (χ0v) is 11.4. The van der Waals surface area contributed by atoms with Crippen molar-refractivity contribution in [1.82, 2.24) is 19.5 Å². The average molecular weight is 316 g/mol. The van der Waals surface area contributed by atoms with Gasteiger partial charge in [-0.15, -0.1) is 0 Å². The van der Waals surface area contributed by atoms with Crippen LogP contribution in [0.15, 0.2) is 6.33 Å². The second-order valence-corrected chi connectivity index (χ2v) is 4.83. The molecule has 5 N–H and O–H groups in total. The Bertz CT molecular complexity index is 708. The molecule has 1 saturated heterocycles. The predicted molar refractivity (Wildman–Crippen MR) is 71.2 cm³/mol. The number of imidazole rings is 1. The molecule has 0 bridgehead atoms. The maximum atomic E-state index is 14.2. The highest BCUT2D eigenvalue weighted by Crippen LogP contribution is 2.43. The third-order valence-corrected chi connectivity index (χ3v) is 3.49. The van der Waals surface area contributed by atoms with Crippen LogP contribution in [0, 0.1) is 0 Å². The largest absolute Gasteiger partial charge is 0.394 e. The standard InChI is InChI=1S/C11H14F2N6O3/c1-15-7-5-8(18-10(14)17-7)19(3-16-5)9-11(12,13)6(21)4(2-20)22-9/h3-4,6,9,20-21H,2H2,1H3,(H3,14,15,17,18)/t4-,6-,9+/m1/s1. The molecule has 1 aliphatic rings. The first-order chi connectivity index (χ1) is 10.4. The number of rotatable bonds is 3. The van der Waals surface area contributed by atoms with E-state index in [0.717, 1.165) is 10.9 Å². The van der Waals surface area contributed by atoms with E-state index in [4.69, 9.17) is 15.6 Å². The number of fused-ring (bicyclic) bond motifs is 1. The summed E-state index contributed by atoms with van der Waals surface area (Å²) in [5.74, 6) is -3.47. The van der Waals surface area contributed by atoms with Crippen LogP contribution < -0.4 is 11.1 Å². The molecule has 3 heterocycles. The molecule has 2 aromatic heterocycles. The topological polar surface area (TPSA) is 131 Å². The summed E-state index contributed by atoms with van der Waals surface area (Å²) >= 11 is 0. The highest BCUT2D eigenvalue weighted by Gasteiger charge is 2.59. The van der Waals surface area contributed by atoms with Crippen LogP contribution in [0.4, 0.5) is 20.5 Å². The maximum Gasteiger partial charge on any atom is 0.320 e. The van der Waals surface area contributed by atoms with Crippen molar-refractivity contribution in [3.05, 3.63) is 6.33 Å². The van der Waals surface area contributed by atoms with E-state index in [9.17, 15) is 13.9 Å². The smallest absolute Gasteiger partial charge is 0.320 e. The number of aliphatic hydroxyl groups is 2. The Morgan fingerprint density at radius 1 is 1.50 bits per heavy atom. The Labute approximate surface area is 122 Å². The van der Waals surface area contributed by atoms with Crippen LogP contribution in [0.1, 0.15) is 6.23 Å². The number of aliphatic hydroxyl groups excluding tert-OH is 2. The fourth-order valence-electron chi connectivity index (χ4n) is 2.40. The zero-order chi connectivity index (χ0) is 16.1. The Hall–Kier alpha value is -2.11. The van der Waals surface area contributed by atoms with Gasteiger partial charge in [-0.2, -0.15) is 18.7 Å². The average Bonchev–Trinajstić information content (AvgIpc) is 2.98. The van der Waals surface area contributed by atoms with Gasteiger partial charge in [0.2, 0.25) is 12.2 Å². The van der Waals surface area contributed by atoms with Gasteiger partial charge in [-0.25, -0.2) is 4.98 Å². The lowest BCUT2D eigenvalue weighted by molar-refractivity contribution is -0.138. The lowest BCUT2D eigenvalue weighted by Crippen LogP contribution is -2.39. The van der Waals surface area contributed by atoms with E-state index in [1.165, 1.54) is 0 Å². The molecule has 0 radical (unpaired) electrons. The Balaban J connectivity index is 2.13. The summed E-state index contributed by atoms with van der Waals surface area (Å²) in [5.41, 5.74) is 5.82. The van der Waals surface area contributed by atoms with Gasteiger partial charge in [0.25, 0.3) is 0 Å². The van der Waals surface area contributed by atoms with E-state index in [0.29, 0.717) is 0 Å². The summed E-state index contributed by atoms with van der Waals surface area (Å²) in [5, 5.41) is 21.3. The van der Waals surface area contributed by atoms with E-state index >= 15 is 0 Å². The highest BCUT2D eigenvalue weighted by molar-refractivity contribution is 5.84. The fourth-order valence-corrected chi connectivity index (χ4v) is 2.40. The fraction of sp³-hybridized carbons (Fsp3) is 0.545. The number of hydrogen-bond acceptors (Lipinski definition) is 8. The molecular formula is C11H14F2N6O3. The molecule has 0 spiro atoms. The third kappa shape index (κ3) is 1.97. The van der Waals surface area contributed by atoms with Gasteiger partial charge in [-0.05, 0) is 0 Å². The van der Waals surface area contributed by atoms with Gasteiger partial charge in [-0.1, -0.05) is 0 Å². The minimum Gasteiger partial charge on any atom is -0.394 e. The van der Waals surface area contributed by atoms with E-state index < -0.39 is 31.0 Å². The minimum absolute atomic E-state index is 0.0346. The molecule has 0 aliphatic carbocycles. The van der Waals surface area contributed by atoms with Gasteiger partial charge in [0.05, 0.1) is 12.9 Å². The number of nitrogens with two attached hydrogens (primary N) is 1. The number of halogens is 2. The van der Waals surface area contributed by atoms with Crippen molar-refractivity contribution >= 4 is 22.9 Å². The van der Waals surface area contributed by atoms with Crippen LogP contribution in [-0.2, 0) is 4.74 Å². The van der Waals surface area contributed by atoms with Crippen LogP contribution >= 0.6 is 0 Å². The predicted octanol–water partition coefficient (Wildman–Crippen LogP) is -0.664. The van der Waals surface area contributed by atoms with Gasteiger partial charge >= 0.3 is 5.92 Å². The van der Waals surface area contributed by atoms with Crippen molar-refractivity contribution in [2.24, 2.45) is 0 Å². The molecule has 2 aromatic rings. The number of ether oxygens (including phenoxy) is 1. The molecule has 0 aromatic carbocycles. The van der Waals surface area contributed by atoms with Crippen LogP contribution in [0.3, 0.4) is 0 Å². The SMILES string of the molecule is CNc1nc(N)nc2c1ncn2[C@H]1O[C@H](CO)[C@@H](O)C1(F)F. The number of aromatic nitrogens is 4. The Kier molecular flexibility index (Phi) is 3.34. The van der Waals surface area contributed by atoms with Gasteiger partial charge < -0.3 is 26.0 Å². The van der Waals surface area contributed by atoms with Crippen molar-refractivity contribution in [2.75, 3.05) is 24.7 Å². The molecule has 0 unspecified atom stereocenters. The summed E-state index contributed by atoms with van der Waals surface area (Å²) in [6.45, 7) is -0.737. The van der Waals surface area contributed by atoms with E-state index in [1.54, 1.807) is 7.05 Å². The van der Waals surface area contributed by atoms with Gasteiger partial charge in [0.15, 0.2) is 23.1 Å². The number of hydrogen-bond donors (Lipinski definition) is 4. The number of nitrogens with one attached hydrogen (secondary N) is 1. The molecule has 1 aliphatic heterocycles. The molecule has 9 nitrogen and oxygen atoms in total. The molecule has 11 heteroatoms. The molecular weight excluding hydrogens is 302 g/mol. The summed E-state index contributed by atoms with van der Waals surface area (Å²) in [4.78, 5) is 11.8. The lowest BCUT2D eigenvalue weighted by atomic mass is 10.1. The van der Waals surface area contributed by atoms with E-state index in [2.05, 4.69) is 20.3 Å². The van der Waals surface area contributed by atoms with Gasteiger partial charge in [0, 0.05) is 7.05 Å². The molecule has 0 saturated carbocycles. The first-order valence-corrected chi connectivity index (χ1v) is 6.40. The number of alkyl halides is 2. The van der Waals surface area contributed by atoms with Crippen molar-refractivity contribution < 1.29 is 23.7 Å². The molecule has 22 heavy (non-hydrogen) atoms. The molecule has 3 rings (SSSR count). The van der Waals surface area contributed by atoms with Crippen LogP contribution in [0.2, 0.25) is 0 Å². The van der Waals surface area contributed by atoms with Crippen molar-refractivity contribution in [1.29, 1.82) is 0 Å². The first-order valence-electron chi connectivity index (χ1n) is 6.40. The summed E-state index contributed by atoms with van der Waals surface area (Å²) in [6.07, 6.45) is -4.29. The second-order valence-electron chi connectivity index (χ2n) is 4.83. The van der Waals surface area contributed by atoms with Crippen LogP contribution in [0.5, 0.6) is 0 Å². The van der Waals surface area contributed by atoms with Crippen molar-refractivity contribution in [3.8, 4) is 0 Å². The number of nitrogen functional groups attached to an aromatic ring is 1. The minimum atomic E-state index is -3.62. The van der Waals surface area contributed by atoms with Crippen LogP contribution in [0.25, 0.3) is 11.2 Å². The summed E-state index contributed by atoms with van der Waals surface area (Å²) in [7, 11) is 1.58. The van der Waals surface area contributed by atoms with Crippen LogP contribution in [-0.4, -0.2) is 61.5 Å². The lowest BCUT2D eigenvalue weighted by Gasteiger charge is -2.20. The van der Waals surface area contributed by atoms with E-state index in [-0.39, 0.29) is 22.9 Å². The van der Waals surface area contributed by atoms with E-state index in [1.807, 2.05) is 0 Å². The summed E-state index contributed by atoms with van der Waals surface area (Å²) < 4.78 is 34.4. The Morgan fingerprint density at radius 2 is 2.23 bits per heavy atom. The molecule has 1 fully saturated rings. The number of anilines is 2. The third-order valence-electron chi connectivity index (χ3n) is 3.49.